The highest BCUT2D eigenvalue weighted by Crippen LogP contribution is 2.28. The third kappa shape index (κ3) is 5.50. The highest BCUT2D eigenvalue weighted by molar-refractivity contribution is 5.79. The summed E-state index contributed by atoms with van der Waals surface area (Å²) in [7, 11) is 1.95. The SMILES string of the molecule is CCNC(=NCC1(O)CCCCC1)N(C)Cc1ccc(F)cc1. The summed E-state index contributed by atoms with van der Waals surface area (Å²) in [6.07, 6.45) is 5.02. The quantitative estimate of drug-likeness (QED) is 0.647. The summed E-state index contributed by atoms with van der Waals surface area (Å²) in [5.41, 5.74) is 0.367. The highest BCUT2D eigenvalue weighted by Gasteiger charge is 2.29. The summed E-state index contributed by atoms with van der Waals surface area (Å²) in [6, 6.07) is 6.50. The molecule has 0 radical (unpaired) electrons. The van der Waals surface area contributed by atoms with Crippen molar-refractivity contribution < 1.29 is 9.50 Å². The van der Waals surface area contributed by atoms with E-state index >= 15 is 0 Å². The first-order valence-electron chi connectivity index (χ1n) is 8.49. The van der Waals surface area contributed by atoms with E-state index in [1.165, 1.54) is 18.6 Å². The number of rotatable bonds is 5. The molecule has 0 amide bonds. The van der Waals surface area contributed by atoms with Crippen LogP contribution in [-0.2, 0) is 6.54 Å². The molecule has 0 aromatic heterocycles. The Balaban J connectivity index is 2.00. The molecule has 1 saturated carbocycles. The van der Waals surface area contributed by atoms with E-state index in [4.69, 9.17) is 0 Å². The third-order valence-corrected chi connectivity index (χ3v) is 4.34. The molecule has 2 rings (SSSR count). The van der Waals surface area contributed by atoms with Crippen molar-refractivity contribution in [3.8, 4) is 0 Å². The molecule has 1 fully saturated rings. The molecule has 0 aliphatic heterocycles. The molecule has 0 unspecified atom stereocenters. The Morgan fingerprint density at radius 1 is 1.26 bits per heavy atom. The Morgan fingerprint density at radius 3 is 2.52 bits per heavy atom. The number of guanidine groups is 1. The molecule has 1 aromatic rings. The zero-order valence-corrected chi connectivity index (χ0v) is 14.2. The molecule has 5 heteroatoms. The lowest BCUT2D eigenvalue weighted by molar-refractivity contribution is 0.0130. The van der Waals surface area contributed by atoms with Crippen molar-refractivity contribution >= 4 is 5.96 Å². The standard InChI is InChI=1S/C18H28FN3O/c1-3-20-17(21-14-18(23)11-5-4-6-12-18)22(2)13-15-7-9-16(19)10-8-15/h7-10,23H,3-6,11-14H2,1-2H3,(H,20,21). The van der Waals surface area contributed by atoms with Crippen LogP contribution in [0.15, 0.2) is 29.3 Å². The minimum Gasteiger partial charge on any atom is -0.388 e. The zero-order valence-electron chi connectivity index (χ0n) is 14.2. The van der Waals surface area contributed by atoms with Gasteiger partial charge in [-0.25, -0.2) is 4.39 Å². The predicted molar refractivity (Wildman–Crippen MR) is 91.9 cm³/mol. The van der Waals surface area contributed by atoms with Gasteiger partial charge in [0.05, 0.1) is 12.1 Å². The zero-order chi connectivity index (χ0) is 16.7. The van der Waals surface area contributed by atoms with E-state index in [-0.39, 0.29) is 5.82 Å². The van der Waals surface area contributed by atoms with Gasteiger partial charge in [0, 0.05) is 20.1 Å². The fraction of sp³-hybridized carbons (Fsp3) is 0.611. The number of aliphatic imine (C=N–C) groups is 1. The first-order valence-corrected chi connectivity index (χ1v) is 8.49. The number of aliphatic hydroxyl groups is 1. The van der Waals surface area contributed by atoms with Crippen molar-refractivity contribution in [3.05, 3.63) is 35.6 Å². The number of benzene rings is 1. The maximum Gasteiger partial charge on any atom is 0.194 e. The predicted octanol–water partition coefficient (Wildman–Crippen LogP) is 2.92. The summed E-state index contributed by atoms with van der Waals surface area (Å²) in [6.45, 7) is 3.87. The van der Waals surface area contributed by atoms with Gasteiger partial charge in [0.2, 0.25) is 0 Å². The molecule has 0 bridgehead atoms. The van der Waals surface area contributed by atoms with Crippen molar-refractivity contribution in [1.82, 2.24) is 10.2 Å². The van der Waals surface area contributed by atoms with Crippen LogP contribution in [0.2, 0.25) is 0 Å². The van der Waals surface area contributed by atoms with Gasteiger partial charge in [-0.2, -0.15) is 0 Å². The maximum absolute atomic E-state index is 13.0. The van der Waals surface area contributed by atoms with Gasteiger partial charge in [-0.05, 0) is 37.5 Å². The lowest BCUT2D eigenvalue weighted by Crippen LogP contribution is -2.41. The number of nitrogens with one attached hydrogen (secondary N) is 1. The van der Waals surface area contributed by atoms with Crippen LogP contribution in [0.1, 0.15) is 44.6 Å². The Kier molecular flexibility index (Phi) is 6.39. The molecule has 23 heavy (non-hydrogen) atoms. The average molecular weight is 321 g/mol. The first-order chi connectivity index (χ1) is 11.0. The van der Waals surface area contributed by atoms with Crippen LogP contribution in [0.5, 0.6) is 0 Å². The molecule has 1 aromatic carbocycles. The molecule has 1 aliphatic carbocycles. The molecular weight excluding hydrogens is 293 g/mol. The molecule has 1 aliphatic rings. The van der Waals surface area contributed by atoms with Gasteiger partial charge in [0.1, 0.15) is 5.82 Å². The molecule has 0 heterocycles. The molecule has 4 nitrogen and oxygen atoms in total. The second-order valence-electron chi connectivity index (χ2n) is 6.44. The largest absolute Gasteiger partial charge is 0.388 e. The molecular formula is C18H28FN3O. The molecule has 128 valence electrons. The maximum atomic E-state index is 13.0. The minimum atomic E-state index is -0.657. The van der Waals surface area contributed by atoms with Crippen molar-refractivity contribution in [3.63, 3.8) is 0 Å². The van der Waals surface area contributed by atoms with Crippen LogP contribution in [0.25, 0.3) is 0 Å². The second-order valence-corrected chi connectivity index (χ2v) is 6.44. The molecule has 2 N–H and O–H groups in total. The van der Waals surface area contributed by atoms with Crippen molar-refractivity contribution in [1.29, 1.82) is 0 Å². The number of hydrogen-bond donors (Lipinski definition) is 2. The van der Waals surface area contributed by atoms with Crippen LogP contribution in [-0.4, -0.2) is 41.7 Å². The summed E-state index contributed by atoms with van der Waals surface area (Å²) in [5.74, 6) is 0.548. The average Bonchev–Trinajstić information content (AvgIpc) is 2.54. The lowest BCUT2D eigenvalue weighted by Gasteiger charge is -2.31. The highest BCUT2D eigenvalue weighted by atomic mass is 19.1. The van der Waals surface area contributed by atoms with Crippen LogP contribution < -0.4 is 5.32 Å². The van der Waals surface area contributed by atoms with E-state index in [2.05, 4.69) is 10.3 Å². The van der Waals surface area contributed by atoms with E-state index < -0.39 is 5.60 Å². The summed E-state index contributed by atoms with van der Waals surface area (Å²) in [5, 5.41) is 13.9. The Morgan fingerprint density at radius 2 is 1.91 bits per heavy atom. The van der Waals surface area contributed by atoms with Gasteiger partial charge < -0.3 is 15.3 Å². The van der Waals surface area contributed by atoms with E-state index in [1.54, 1.807) is 12.1 Å². The van der Waals surface area contributed by atoms with Crippen molar-refractivity contribution in [2.75, 3.05) is 20.1 Å². The number of hydrogen-bond acceptors (Lipinski definition) is 2. The first kappa shape index (κ1) is 17.7. The minimum absolute atomic E-state index is 0.225. The molecule has 0 spiro atoms. The van der Waals surface area contributed by atoms with Gasteiger partial charge in [-0.1, -0.05) is 31.4 Å². The Bertz CT molecular complexity index is 510. The smallest absolute Gasteiger partial charge is 0.194 e. The lowest BCUT2D eigenvalue weighted by atomic mass is 9.85. The van der Waals surface area contributed by atoms with Crippen LogP contribution in [0, 0.1) is 5.82 Å². The van der Waals surface area contributed by atoms with Crippen LogP contribution in [0.4, 0.5) is 4.39 Å². The van der Waals surface area contributed by atoms with Gasteiger partial charge in [-0.15, -0.1) is 0 Å². The fourth-order valence-electron chi connectivity index (χ4n) is 3.00. The van der Waals surface area contributed by atoms with Gasteiger partial charge in [-0.3, -0.25) is 4.99 Å². The van der Waals surface area contributed by atoms with Crippen LogP contribution in [0.3, 0.4) is 0 Å². The molecule has 0 saturated heterocycles. The molecule has 0 atom stereocenters. The number of halogens is 1. The van der Waals surface area contributed by atoms with Gasteiger partial charge >= 0.3 is 0 Å². The van der Waals surface area contributed by atoms with Crippen molar-refractivity contribution in [2.45, 2.75) is 51.2 Å². The van der Waals surface area contributed by atoms with Crippen molar-refractivity contribution in [2.24, 2.45) is 4.99 Å². The Labute approximate surface area is 138 Å². The topological polar surface area (TPSA) is 47.9 Å². The second kappa shape index (κ2) is 8.29. The summed E-state index contributed by atoms with van der Waals surface area (Å²) >= 11 is 0. The van der Waals surface area contributed by atoms with E-state index in [0.29, 0.717) is 13.1 Å². The monoisotopic (exact) mass is 321 g/mol. The normalized spacial score (nSPS) is 17.8. The van der Waals surface area contributed by atoms with E-state index in [0.717, 1.165) is 43.8 Å². The third-order valence-electron chi connectivity index (χ3n) is 4.34. The van der Waals surface area contributed by atoms with Gasteiger partial charge in [0.25, 0.3) is 0 Å². The Hall–Kier alpha value is -1.62. The number of nitrogens with zero attached hydrogens (tertiary/aromatic N) is 2. The van der Waals surface area contributed by atoms with Crippen LogP contribution >= 0.6 is 0 Å². The van der Waals surface area contributed by atoms with E-state index in [9.17, 15) is 9.50 Å². The summed E-state index contributed by atoms with van der Waals surface area (Å²) in [4.78, 5) is 6.63. The van der Waals surface area contributed by atoms with E-state index in [1.807, 2.05) is 18.9 Å². The summed E-state index contributed by atoms with van der Waals surface area (Å²) < 4.78 is 13.0. The van der Waals surface area contributed by atoms with Gasteiger partial charge in [0.15, 0.2) is 5.96 Å². The fourth-order valence-corrected chi connectivity index (χ4v) is 3.00.